The highest BCUT2D eigenvalue weighted by Gasteiger charge is 2.30. The Labute approximate surface area is 168 Å². The first-order chi connectivity index (χ1) is 14.3. The summed E-state index contributed by atoms with van der Waals surface area (Å²) in [6.45, 7) is 0.966. The maximum atomic E-state index is 12.6. The van der Waals surface area contributed by atoms with Gasteiger partial charge < -0.3 is 20.5 Å². The molecule has 1 amide bonds. The van der Waals surface area contributed by atoms with Crippen LogP contribution in [0.25, 0.3) is 5.69 Å². The molecule has 3 aromatic rings. The van der Waals surface area contributed by atoms with Gasteiger partial charge in [0.1, 0.15) is 34.7 Å². The van der Waals surface area contributed by atoms with Crippen molar-refractivity contribution in [2.75, 3.05) is 24.3 Å². The lowest BCUT2D eigenvalue weighted by Crippen LogP contribution is -2.38. The fraction of sp³-hybridized carbons (Fsp3) is 0.211. The summed E-state index contributed by atoms with van der Waals surface area (Å²) in [5.74, 6) is -0.136. The van der Waals surface area contributed by atoms with E-state index in [2.05, 4.69) is 15.4 Å². The van der Waals surface area contributed by atoms with Gasteiger partial charge in [0, 0.05) is 6.20 Å². The molecule has 156 valence electrons. The first-order valence-electron chi connectivity index (χ1n) is 8.85. The number of pyridine rings is 1. The number of halogens is 3. The standard InChI is InChI=1S/C19H16F3N5O3/c20-19(21,22)11-5-6-16(24-7-11)26-18(28)13-8-25-27(17(13)23)14-3-1-2-4-15(14)30-12-9-29-10-12/h1-8,12H,9-10,23H2,(H,24,26,28). The molecule has 0 radical (unpaired) electrons. The van der Waals surface area contributed by atoms with E-state index in [1.165, 1.54) is 10.9 Å². The number of aromatic nitrogens is 3. The van der Waals surface area contributed by atoms with E-state index in [0.29, 0.717) is 30.8 Å². The zero-order valence-corrected chi connectivity index (χ0v) is 15.4. The number of alkyl halides is 3. The molecular formula is C19H16F3N5O3. The van der Waals surface area contributed by atoms with E-state index in [1.54, 1.807) is 24.3 Å². The molecule has 0 bridgehead atoms. The molecule has 1 aromatic carbocycles. The van der Waals surface area contributed by atoms with Crippen LogP contribution in [0.4, 0.5) is 24.8 Å². The summed E-state index contributed by atoms with van der Waals surface area (Å²) in [6.07, 6.45) is -2.68. The maximum Gasteiger partial charge on any atom is 0.417 e. The van der Waals surface area contributed by atoms with Gasteiger partial charge in [-0.15, -0.1) is 0 Å². The molecular weight excluding hydrogens is 403 g/mol. The van der Waals surface area contributed by atoms with Crippen LogP contribution in [0.3, 0.4) is 0 Å². The number of ether oxygens (including phenoxy) is 2. The summed E-state index contributed by atoms with van der Waals surface area (Å²) < 4.78 is 50.2. The van der Waals surface area contributed by atoms with E-state index in [9.17, 15) is 18.0 Å². The number of nitrogens with one attached hydrogen (secondary N) is 1. The van der Waals surface area contributed by atoms with Crippen LogP contribution < -0.4 is 15.8 Å². The predicted octanol–water partition coefficient (Wildman–Crippen LogP) is 2.90. The van der Waals surface area contributed by atoms with Crippen molar-refractivity contribution in [1.29, 1.82) is 0 Å². The minimum absolute atomic E-state index is 0.0403. The van der Waals surface area contributed by atoms with Crippen LogP contribution in [0.15, 0.2) is 48.8 Å². The number of rotatable bonds is 5. The van der Waals surface area contributed by atoms with Gasteiger partial charge in [0.25, 0.3) is 5.91 Å². The minimum Gasteiger partial charge on any atom is -0.483 e. The number of nitrogens with zero attached hydrogens (tertiary/aromatic N) is 3. The Hall–Kier alpha value is -3.60. The Morgan fingerprint density at radius 3 is 2.60 bits per heavy atom. The molecule has 11 heteroatoms. The van der Waals surface area contributed by atoms with Gasteiger partial charge in [-0.25, -0.2) is 9.67 Å². The lowest BCUT2D eigenvalue weighted by atomic mass is 10.2. The van der Waals surface area contributed by atoms with E-state index in [0.717, 1.165) is 12.1 Å². The van der Waals surface area contributed by atoms with Crippen molar-refractivity contribution >= 4 is 17.5 Å². The molecule has 0 saturated carbocycles. The zero-order chi connectivity index (χ0) is 21.3. The molecule has 1 aliphatic heterocycles. The van der Waals surface area contributed by atoms with E-state index >= 15 is 0 Å². The van der Waals surface area contributed by atoms with E-state index in [1.807, 2.05) is 0 Å². The number of hydrogen-bond donors (Lipinski definition) is 2. The van der Waals surface area contributed by atoms with Gasteiger partial charge in [-0.05, 0) is 24.3 Å². The molecule has 30 heavy (non-hydrogen) atoms. The Kier molecular flexibility index (Phi) is 5.04. The highest BCUT2D eigenvalue weighted by Crippen LogP contribution is 2.30. The average Bonchev–Trinajstić information content (AvgIpc) is 3.06. The number of amides is 1. The lowest BCUT2D eigenvalue weighted by molar-refractivity contribution is -0.137. The molecule has 8 nitrogen and oxygen atoms in total. The number of nitrogen functional groups attached to an aromatic ring is 1. The van der Waals surface area contributed by atoms with Crippen LogP contribution in [0.5, 0.6) is 5.75 Å². The van der Waals surface area contributed by atoms with Crippen LogP contribution >= 0.6 is 0 Å². The second-order valence-electron chi connectivity index (χ2n) is 6.48. The quantitative estimate of drug-likeness (QED) is 0.659. The molecule has 3 heterocycles. The van der Waals surface area contributed by atoms with Gasteiger partial charge in [0.05, 0.1) is 25.0 Å². The monoisotopic (exact) mass is 419 g/mol. The van der Waals surface area contributed by atoms with Crippen LogP contribution in [-0.2, 0) is 10.9 Å². The molecule has 1 fully saturated rings. The number of hydrogen-bond acceptors (Lipinski definition) is 6. The van der Waals surface area contributed by atoms with Gasteiger partial charge in [0.2, 0.25) is 0 Å². The molecule has 1 aliphatic rings. The summed E-state index contributed by atoms with van der Waals surface area (Å²) in [6, 6.07) is 8.94. The maximum absolute atomic E-state index is 12.6. The second kappa shape index (κ2) is 7.67. The molecule has 0 atom stereocenters. The summed E-state index contributed by atoms with van der Waals surface area (Å²) in [5.41, 5.74) is 5.77. The number of carbonyl (C=O) groups excluding carboxylic acids is 1. The highest BCUT2D eigenvalue weighted by molar-refractivity contribution is 6.06. The topological polar surface area (TPSA) is 104 Å². The number of carbonyl (C=O) groups is 1. The van der Waals surface area contributed by atoms with Crippen molar-refractivity contribution < 1.29 is 27.4 Å². The molecule has 2 aromatic heterocycles. The SMILES string of the molecule is Nc1c(C(=O)Nc2ccc(C(F)(F)F)cn2)cnn1-c1ccccc1OC1COC1. The third-order valence-corrected chi connectivity index (χ3v) is 4.38. The summed E-state index contributed by atoms with van der Waals surface area (Å²) in [4.78, 5) is 16.1. The van der Waals surface area contributed by atoms with Crippen LogP contribution in [0.2, 0.25) is 0 Å². The molecule has 0 aliphatic carbocycles. The Bertz CT molecular complexity index is 1060. The van der Waals surface area contributed by atoms with Gasteiger partial charge in [0.15, 0.2) is 0 Å². The van der Waals surface area contributed by atoms with Crippen molar-refractivity contribution in [2.45, 2.75) is 12.3 Å². The Morgan fingerprint density at radius 2 is 1.97 bits per heavy atom. The smallest absolute Gasteiger partial charge is 0.417 e. The summed E-state index contributed by atoms with van der Waals surface area (Å²) in [5, 5.41) is 6.57. The first kappa shape index (κ1) is 19.7. The third kappa shape index (κ3) is 3.92. The second-order valence-corrected chi connectivity index (χ2v) is 6.48. The summed E-state index contributed by atoms with van der Waals surface area (Å²) >= 11 is 0. The normalized spacial score (nSPS) is 14.2. The van der Waals surface area contributed by atoms with E-state index < -0.39 is 17.6 Å². The molecule has 0 spiro atoms. The molecule has 4 rings (SSSR count). The fourth-order valence-electron chi connectivity index (χ4n) is 2.74. The zero-order valence-electron chi connectivity index (χ0n) is 15.4. The number of para-hydroxylation sites is 2. The van der Waals surface area contributed by atoms with Crippen molar-refractivity contribution in [3.05, 3.63) is 59.9 Å². The fourth-order valence-corrected chi connectivity index (χ4v) is 2.74. The van der Waals surface area contributed by atoms with Gasteiger partial charge in [-0.2, -0.15) is 18.3 Å². The molecule has 0 unspecified atom stereocenters. The Morgan fingerprint density at radius 1 is 1.20 bits per heavy atom. The molecule has 3 N–H and O–H groups in total. The molecule has 1 saturated heterocycles. The number of anilines is 2. The van der Waals surface area contributed by atoms with Crippen LogP contribution in [0.1, 0.15) is 15.9 Å². The van der Waals surface area contributed by atoms with Gasteiger partial charge in [-0.1, -0.05) is 12.1 Å². The largest absolute Gasteiger partial charge is 0.483 e. The van der Waals surface area contributed by atoms with Crippen molar-refractivity contribution in [2.24, 2.45) is 0 Å². The van der Waals surface area contributed by atoms with E-state index in [-0.39, 0.29) is 23.3 Å². The first-order valence-corrected chi connectivity index (χ1v) is 8.85. The lowest BCUT2D eigenvalue weighted by Gasteiger charge is -2.27. The van der Waals surface area contributed by atoms with Gasteiger partial charge in [-0.3, -0.25) is 4.79 Å². The average molecular weight is 419 g/mol. The summed E-state index contributed by atoms with van der Waals surface area (Å²) in [7, 11) is 0. The predicted molar refractivity (Wildman–Crippen MR) is 100 cm³/mol. The number of benzene rings is 1. The third-order valence-electron chi connectivity index (χ3n) is 4.38. The van der Waals surface area contributed by atoms with E-state index in [4.69, 9.17) is 15.2 Å². The minimum atomic E-state index is -4.51. The Balaban J connectivity index is 1.54. The van der Waals surface area contributed by atoms with Crippen molar-refractivity contribution in [1.82, 2.24) is 14.8 Å². The highest BCUT2D eigenvalue weighted by atomic mass is 19.4. The number of nitrogens with two attached hydrogens (primary N) is 1. The van der Waals surface area contributed by atoms with Crippen molar-refractivity contribution in [3.8, 4) is 11.4 Å². The van der Waals surface area contributed by atoms with Crippen LogP contribution in [0, 0.1) is 0 Å². The van der Waals surface area contributed by atoms with Crippen LogP contribution in [-0.4, -0.2) is 40.0 Å². The van der Waals surface area contributed by atoms with Gasteiger partial charge >= 0.3 is 6.18 Å². The van der Waals surface area contributed by atoms with Crippen molar-refractivity contribution in [3.63, 3.8) is 0 Å².